The number of furan rings is 1. The molecule has 12 rings (SSSR count). The minimum atomic E-state index is 0.260. The van der Waals surface area contributed by atoms with Gasteiger partial charge in [-0.1, -0.05) is 128 Å². The van der Waals surface area contributed by atoms with Gasteiger partial charge in [-0.15, -0.1) is 11.3 Å². The first-order chi connectivity index (χ1) is 25.7. The summed E-state index contributed by atoms with van der Waals surface area (Å²) in [6, 6.07) is 45.6. The van der Waals surface area contributed by atoms with Crippen LogP contribution in [0.1, 0.15) is 30.5 Å². The SMILES string of the molecule is C[C@@H]1CC=Cc2c1n(-c1nc(-c3cc4ccccc4c4ccccc34)c3c(n1)oc1ccccc13)c1c3sc4ccccc4c3c3ccccc3c21. The summed E-state index contributed by atoms with van der Waals surface area (Å²) in [6.07, 6.45) is 5.61. The lowest BCUT2D eigenvalue weighted by Crippen LogP contribution is -2.10. The molecule has 0 fully saturated rings. The van der Waals surface area contributed by atoms with Crippen molar-refractivity contribution in [3.05, 3.63) is 145 Å². The molecule has 7 aromatic carbocycles. The molecule has 244 valence electrons. The molecule has 1 aliphatic rings. The second-order valence-electron chi connectivity index (χ2n) is 14.1. The molecule has 5 heteroatoms. The average Bonchev–Trinajstić information content (AvgIpc) is 3.88. The molecule has 4 aromatic heterocycles. The highest BCUT2D eigenvalue weighted by molar-refractivity contribution is 7.27. The number of allylic oxidation sites excluding steroid dienone is 1. The first-order valence-electron chi connectivity index (χ1n) is 17.9. The van der Waals surface area contributed by atoms with Crippen molar-refractivity contribution in [2.24, 2.45) is 0 Å². The van der Waals surface area contributed by atoms with Gasteiger partial charge >= 0.3 is 0 Å². The van der Waals surface area contributed by atoms with E-state index in [1.165, 1.54) is 69.3 Å². The van der Waals surface area contributed by atoms with E-state index in [0.29, 0.717) is 11.7 Å². The van der Waals surface area contributed by atoms with Gasteiger partial charge < -0.3 is 4.42 Å². The second kappa shape index (κ2) is 10.4. The Bertz CT molecular complexity index is 3360. The van der Waals surface area contributed by atoms with Crippen molar-refractivity contribution in [2.45, 2.75) is 19.3 Å². The maximum Gasteiger partial charge on any atom is 0.238 e. The summed E-state index contributed by atoms with van der Waals surface area (Å²) < 4.78 is 11.6. The van der Waals surface area contributed by atoms with Gasteiger partial charge in [-0.2, -0.15) is 4.98 Å². The number of hydrogen-bond acceptors (Lipinski definition) is 4. The van der Waals surface area contributed by atoms with Gasteiger partial charge in [-0.3, -0.25) is 4.57 Å². The number of hydrogen-bond donors (Lipinski definition) is 0. The highest BCUT2D eigenvalue weighted by atomic mass is 32.1. The van der Waals surface area contributed by atoms with Crippen molar-refractivity contribution >= 4 is 103 Å². The van der Waals surface area contributed by atoms with Crippen LogP contribution in [0, 0.1) is 0 Å². The number of aromatic nitrogens is 3. The van der Waals surface area contributed by atoms with E-state index in [1.54, 1.807) is 0 Å². The van der Waals surface area contributed by atoms with Crippen LogP contribution in [0.5, 0.6) is 0 Å². The Balaban J connectivity index is 1.30. The van der Waals surface area contributed by atoms with E-state index in [0.717, 1.165) is 39.4 Å². The summed E-state index contributed by atoms with van der Waals surface area (Å²) in [5.41, 5.74) is 7.04. The van der Waals surface area contributed by atoms with E-state index in [-0.39, 0.29) is 5.92 Å². The van der Waals surface area contributed by atoms with Crippen molar-refractivity contribution in [2.75, 3.05) is 0 Å². The van der Waals surface area contributed by atoms with Gasteiger partial charge in [0.15, 0.2) is 0 Å². The molecule has 0 amide bonds. The molecule has 11 aromatic rings. The number of para-hydroxylation sites is 1. The number of benzene rings is 7. The zero-order valence-corrected chi connectivity index (χ0v) is 29.0. The Morgan fingerprint density at radius 1 is 0.654 bits per heavy atom. The summed E-state index contributed by atoms with van der Waals surface area (Å²) in [5, 5.41) is 13.1. The van der Waals surface area contributed by atoms with Crippen LogP contribution in [-0.2, 0) is 0 Å². The largest absolute Gasteiger partial charge is 0.437 e. The van der Waals surface area contributed by atoms with Gasteiger partial charge in [0.05, 0.1) is 21.3 Å². The van der Waals surface area contributed by atoms with Crippen molar-refractivity contribution in [3.63, 3.8) is 0 Å². The maximum absolute atomic E-state index is 6.67. The summed E-state index contributed by atoms with van der Waals surface area (Å²) in [7, 11) is 0. The minimum absolute atomic E-state index is 0.260. The molecular formula is C47H29N3OS. The van der Waals surface area contributed by atoms with E-state index in [1.807, 2.05) is 23.5 Å². The Morgan fingerprint density at radius 3 is 2.17 bits per heavy atom. The molecule has 0 saturated carbocycles. The van der Waals surface area contributed by atoms with Gasteiger partial charge in [0, 0.05) is 49.0 Å². The molecule has 0 bridgehead atoms. The first-order valence-corrected chi connectivity index (χ1v) is 18.7. The quantitative estimate of drug-likeness (QED) is 0.170. The van der Waals surface area contributed by atoms with E-state index in [4.69, 9.17) is 14.4 Å². The molecule has 4 nitrogen and oxygen atoms in total. The van der Waals surface area contributed by atoms with E-state index < -0.39 is 0 Å². The van der Waals surface area contributed by atoms with Crippen molar-refractivity contribution < 1.29 is 4.42 Å². The Morgan fingerprint density at radius 2 is 1.33 bits per heavy atom. The topological polar surface area (TPSA) is 43.9 Å². The summed E-state index contributed by atoms with van der Waals surface area (Å²) >= 11 is 1.87. The third-order valence-corrected chi connectivity index (χ3v) is 12.4. The van der Waals surface area contributed by atoms with E-state index in [9.17, 15) is 0 Å². The normalized spacial score (nSPS) is 14.7. The third-order valence-electron chi connectivity index (χ3n) is 11.2. The van der Waals surface area contributed by atoms with Crippen molar-refractivity contribution in [1.29, 1.82) is 0 Å². The Hall–Kier alpha value is -6.30. The smallest absolute Gasteiger partial charge is 0.238 e. The van der Waals surface area contributed by atoms with Crippen LogP contribution < -0.4 is 0 Å². The van der Waals surface area contributed by atoms with E-state index in [2.05, 4.69) is 139 Å². The molecule has 0 N–H and O–H groups in total. The molecule has 52 heavy (non-hydrogen) atoms. The van der Waals surface area contributed by atoms with Gasteiger partial charge in [-0.25, -0.2) is 4.98 Å². The predicted octanol–water partition coefficient (Wildman–Crippen LogP) is 13.3. The number of rotatable bonds is 2. The summed E-state index contributed by atoms with van der Waals surface area (Å²) in [5.74, 6) is 0.900. The molecule has 0 aliphatic heterocycles. The lowest BCUT2D eigenvalue weighted by molar-refractivity contribution is 0.648. The Labute approximate surface area is 301 Å². The number of thiophene rings is 1. The zero-order chi connectivity index (χ0) is 34.1. The molecule has 0 spiro atoms. The average molecular weight is 684 g/mol. The van der Waals surface area contributed by atoms with Crippen LogP contribution in [0.15, 0.2) is 138 Å². The number of fused-ring (bicyclic) bond motifs is 16. The number of nitrogens with zero attached hydrogens (tertiary/aromatic N) is 3. The zero-order valence-electron chi connectivity index (χ0n) is 28.2. The highest BCUT2D eigenvalue weighted by Crippen LogP contribution is 2.50. The fourth-order valence-corrected chi connectivity index (χ4v) is 10.3. The lowest BCUT2D eigenvalue weighted by Gasteiger charge is -2.19. The molecule has 0 radical (unpaired) electrons. The fraction of sp³-hybridized carbons (Fsp3) is 0.0638. The lowest BCUT2D eigenvalue weighted by atomic mass is 9.91. The summed E-state index contributed by atoms with van der Waals surface area (Å²) in [4.78, 5) is 11.1. The van der Waals surface area contributed by atoms with Gasteiger partial charge in [0.25, 0.3) is 0 Å². The predicted molar refractivity (Wildman–Crippen MR) is 219 cm³/mol. The van der Waals surface area contributed by atoms with Gasteiger partial charge in [-0.05, 0) is 56.9 Å². The first kappa shape index (κ1) is 28.4. The molecule has 4 heterocycles. The van der Waals surface area contributed by atoms with Crippen LogP contribution in [-0.4, -0.2) is 14.5 Å². The molecule has 1 atom stereocenters. The standard InChI is InChI=1S/C47H29N3OS/c1-26-13-12-22-35-39-31-18-6-7-19-32(31)40-34-21-9-11-24-38(34)52-45(40)44(39)50(43(26)35)47-48-42(41-33-20-8-10-23-37(33)51-46(41)49-47)36-25-27-14-2-3-15-28(27)29-16-4-5-17-30(29)36/h2-12,14-26H,13H2,1H3/t26-/m1/s1. The van der Waals surface area contributed by atoms with Crippen molar-refractivity contribution in [1.82, 2.24) is 14.5 Å². The molecule has 0 saturated heterocycles. The molecule has 1 aliphatic carbocycles. The van der Waals surface area contributed by atoms with E-state index >= 15 is 0 Å². The third kappa shape index (κ3) is 3.70. The Kier molecular flexibility index (Phi) is 5.67. The van der Waals surface area contributed by atoms with Crippen LogP contribution in [0.4, 0.5) is 0 Å². The summed E-state index contributed by atoms with van der Waals surface area (Å²) in [6.45, 7) is 2.33. The van der Waals surface area contributed by atoms with Crippen LogP contribution in [0.3, 0.4) is 0 Å². The molecule has 0 unspecified atom stereocenters. The fourth-order valence-electron chi connectivity index (χ4n) is 9.02. The second-order valence-corrected chi connectivity index (χ2v) is 15.1. The van der Waals surface area contributed by atoms with Crippen LogP contribution in [0.25, 0.3) is 109 Å². The van der Waals surface area contributed by atoms with Gasteiger partial charge in [0.1, 0.15) is 5.58 Å². The monoisotopic (exact) mass is 683 g/mol. The highest BCUT2D eigenvalue weighted by Gasteiger charge is 2.30. The van der Waals surface area contributed by atoms with Crippen LogP contribution in [0.2, 0.25) is 0 Å². The van der Waals surface area contributed by atoms with Crippen LogP contribution >= 0.6 is 11.3 Å². The van der Waals surface area contributed by atoms with Crippen molar-refractivity contribution in [3.8, 4) is 17.2 Å². The maximum atomic E-state index is 6.67. The molecular weight excluding hydrogens is 655 g/mol. The van der Waals surface area contributed by atoms with Gasteiger partial charge in [0.2, 0.25) is 11.7 Å². The minimum Gasteiger partial charge on any atom is -0.437 e.